The first-order chi connectivity index (χ1) is 13.2. The number of hydrogen-bond acceptors (Lipinski definition) is 6. The monoisotopic (exact) mass is 422 g/mol. The van der Waals surface area contributed by atoms with E-state index in [2.05, 4.69) is 29.0 Å². The average molecular weight is 423 g/mol. The second-order valence-electron chi connectivity index (χ2n) is 10.3. The number of nitrogens with zero attached hydrogens (tertiary/aromatic N) is 2. The van der Waals surface area contributed by atoms with Gasteiger partial charge in [-0.2, -0.15) is 0 Å². The summed E-state index contributed by atoms with van der Waals surface area (Å²) >= 11 is 0. The highest BCUT2D eigenvalue weighted by molar-refractivity contribution is 6.72. The molecule has 0 bridgehead atoms. The summed E-state index contributed by atoms with van der Waals surface area (Å²) in [5.74, 6) is 0.246. The Morgan fingerprint density at radius 3 is 2.59 bits per heavy atom. The van der Waals surface area contributed by atoms with Crippen LogP contribution in [0.2, 0.25) is 18.1 Å². The van der Waals surface area contributed by atoms with Crippen molar-refractivity contribution in [1.29, 1.82) is 0 Å². The van der Waals surface area contributed by atoms with E-state index < -0.39 is 20.0 Å². The van der Waals surface area contributed by atoms with Gasteiger partial charge in [0, 0.05) is 19.3 Å². The molecule has 0 radical (unpaired) electrons. The lowest BCUT2D eigenvalue weighted by atomic mass is 9.84. The largest absolute Gasteiger partial charge is 0.444 e. The molecule has 1 aliphatic rings. The maximum atomic E-state index is 12.5. The van der Waals surface area contributed by atoms with Crippen LogP contribution in [0.15, 0.2) is 18.5 Å². The highest BCUT2D eigenvalue weighted by Crippen LogP contribution is 2.44. The number of hydrogen-bond donors (Lipinski definition) is 3. The van der Waals surface area contributed by atoms with Gasteiger partial charge in [-0.1, -0.05) is 13.8 Å². The summed E-state index contributed by atoms with van der Waals surface area (Å²) in [7, 11) is -2.35. The van der Waals surface area contributed by atoms with E-state index in [1.807, 2.05) is 39.9 Å². The molecule has 1 aromatic rings. The summed E-state index contributed by atoms with van der Waals surface area (Å²) in [5.41, 5.74) is 7.14. The van der Waals surface area contributed by atoms with Gasteiger partial charge in [0.1, 0.15) is 5.60 Å². The van der Waals surface area contributed by atoms with Crippen LogP contribution in [-0.2, 0) is 4.74 Å². The summed E-state index contributed by atoms with van der Waals surface area (Å²) in [6.07, 6.45) is 4.73. The van der Waals surface area contributed by atoms with Crippen LogP contribution in [0.25, 0.3) is 0 Å². The molecule has 0 spiro atoms. The van der Waals surface area contributed by atoms with E-state index in [9.17, 15) is 9.59 Å². The van der Waals surface area contributed by atoms with E-state index in [1.165, 1.54) is 0 Å². The molecule has 1 saturated heterocycles. The van der Waals surface area contributed by atoms with E-state index in [-0.39, 0.29) is 17.0 Å². The second-order valence-corrected chi connectivity index (χ2v) is 14.8. The number of nitrogen functional groups attached to an aromatic ring is 1. The van der Waals surface area contributed by atoms with E-state index in [0.717, 1.165) is 25.1 Å². The molecule has 0 aromatic carbocycles. The van der Waals surface area contributed by atoms with Crippen LogP contribution in [0.5, 0.6) is 0 Å². The number of anilines is 2. The van der Waals surface area contributed by atoms with Gasteiger partial charge in [0.25, 0.3) is 0 Å². The molecule has 0 saturated carbocycles. The molecule has 0 aliphatic carbocycles. The third kappa shape index (κ3) is 6.34. The zero-order valence-electron chi connectivity index (χ0n) is 19.0. The molecular weight excluding hydrogens is 384 g/mol. The Bertz CT molecular complexity index is 713. The van der Waals surface area contributed by atoms with Crippen LogP contribution >= 0.6 is 0 Å². The van der Waals surface area contributed by atoms with Crippen molar-refractivity contribution in [3.8, 4) is 0 Å². The minimum Gasteiger partial charge on any atom is -0.444 e. The van der Waals surface area contributed by atoms with Gasteiger partial charge in [0.05, 0.1) is 23.6 Å². The normalized spacial score (nSPS) is 21.0. The van der Waals surface area contributed by atoms with Gasteiger partial charge in [-0.05, 0) is 63.7 Å². The highest BCUT2D eigenvalue weighted by atomic mass is 28.4. The summed E-state index contributed by atoms with van der Waals surface area (Å²) in [5, 5.41) is 2.93. The highest BCUT2D eigenvalue weighted by Gasteiger charge is 2.43. The van der Waals surface area contributed by atoms with Crippen molar-refractivity contribution < 1.29 is 14.3 Å². The minimum atomic E-state index is -2.35. The fraction of sp³-hybridized carbons (Fsp3) is 0.714. The predicted molar refractivity (Wildman–Crippen MR) is 120 cm³/mol. The van der Waals surface area contributed by atoms with Gasteiger partial charge in [-0.15, -0.1) is 0 Å². The van der Waals surface area contributed by atoms with Gasteiger partial charge < -0.3 is 25.5 Å². The molecule has 1 aromatic heterocycles. The quantitative estimate of drug-likeness (QED) is 0.625. The lowest BCUT2D eigenvalue weighted by Gasteiger charge is -2.45. The molecule has 7 nitrogen and oxygen atoms in total. The molecule has 2 heterocycles. The van der Waals surface area contributed by atoms with Gasteiger partial charge in [-0.25, -0.2) is 4.79 Å². The van der Waals surface area contributed by atoms with E-state index in [4.69, 9.17) is 10.5 Å². The Kier molecular flexibility index (Phi) is 6.89. The van der Waals surface area contributed by atoms with Crippen molar-refractivity contribution in [3.63, 3.8) is 0 Å². The number of piperidine rings is 1. The van der Waals surface area contributed by atoms with E-state index in [0.29, 0.717) is 12.2 Å². The van der Waals surface area contributed by atoms with Crippen molar-refractivity contribution in [2.24, 2.45) is 5.92 Å². The Balaban J connectivity index is 2.22. The first-order valence-corrected chi connectivity index (χ1v) is 13.3. The van der Waals surface area contributed by atoms with Crippen LogP contribution in [0.3, 0.4) is 0 Å². The summed E-state index contributed by atoms with van der Waals surface area (Å²) in [6, 6.07) is 1.82. The number of alkyl carbamates (subject to hydrolysis) is 1. The summed E-state index contributed by atoms with van der Waals surface area (Å²) in [6.45, 7) is 15.3. The maximum Gasteiger partial charge on any atom is 0.407 e. The van der Waals surface area contributed by atoms with Crippen LogP contribution in [0, 0.1) is 5.92 Å². The average Bonchev–Trinajstić information content (AvgIpc) is 2.54. The van der Waals surface area contributed by atoms with Gasteiger partial charge in [-0.3, -0.25) is 4.98 Å². The number of aromatic nitrogens is 1. The Morgan fingerprint density at radius 1 is 1.38 bits per heavy atom. The molecule has 164 valence electrons. The van der Waals surface area contributed by atoms with Crippen molar-refractivity contribution in [2.45, 2.75) is 77.2 Å². The summed E-state index contributed by atoms with van der Waals surface area (Å²) < 4.78 is 5.51. The minimum absolute atomic E-state index is 0.0956. The number of nitrogens with two attached hydrogens (primary N) is 1. The van der Waals surface area contributed by atoms with Crippen molar-refractivity contribution in [1.82, 2.24) is 10.3 Å². The third-order valence-corrected chi connectivity index (χ3v) is 9.57. The van der Waals surface area contributed by atoms with Crippen LogP contribution in [0.1, 0.15) is 47.5 Å². The van der Waals surface area contributed by atoms with Gasteiger partial charge in [0.2, 0.25) is 0 Å². The Hall–Kier alpha value is -1.80. The van der Waals surface area contributed by atoms with Gasteiger partial charge in [0.15, 0.2) is 8.32 Å². The molecular formula is C21H38N4O3Si. The van der Waals surface area contributed by atoms with Crippen molar-refractivity contribution in [3.05, 3.63) is 18.5 Å². The standard InChI is InChI=1S/C21H38N4O3Si/c1-20(2,3)28-19(26)24-17-14-25(18-8-10-23-13-16(18)22)11-9-15(17)12-21(4,5)29(6,7)27/h8,10,13,15,17,27H,9,11-12,14,22H2,1-7H3,(H,24,26)/t15-,17+/m1/s1. The zero-order valence-corrected chi connectivity index (χ0v) is 20.0. The molecule has 29 heavy (non-hydrogen) atoms. The number of carbonyl (C=O) groups is 1. The molecule has 1 amide bonds. The Morgan fingerprint density at radius 2 is 2.03 bits per heavy atom. The lowest BCUT2D eigenvalue weighted by molar-refractivity contribution is 0.0475. The zero-order chi connectivity index (χ0) is 22.0. The molecule has 2 atom stereocenters. The number of nitrogens with one attached hydrogen (secondary N) is 1. The number of ether oxygens (including phenoxy) is 1. The van der Waals surface area contributed by atoms with Gasteiger partial charge >= 0.3 is 6.09 Å². The molecule has 1 aliphatic heterocycles. The molecule has 0 unspecified atom stereocenters. The lowest BCUT2D eigenvalue weighted by Crippen LogP contribution is -2.55. The number of pyridine rings is 1. The fourth-order valence-corrected chi connectivity index (χ4v) is 4.44. The molecule has 1 fully saturated rings. The predicted octanol–water partition coefficient (Wildman–Crippen LogP) is 3.75. The Labute approximate surface area is 176 Å². The van der Waals surface area contributed by atoms with E-state index in [1.54, 1.807) is 12.4 Å². The molecule has 4 N–H and O–H groups in total. The topological polar surface area (TPSA) is 101 Å². The third-order valence-electron chi connectivity index (χ3n) is 6.06. The van der Waals surface area contributed by atoms with Crippen molar-refractivity contribution in [2.75, 3.05) is 23.7 Å². The maximum absolute atomic E-state index is 12.5. The van der Waals surface area contributed by atoms with Crippen LogP contribution in [-0.4, -0.2) is 48.9 Å². The first-order valence-electron chi connectivity index (χ1n) is 10.4. The molecule has 8 heteroatoms. The number of rotatable bonds is 5. The number of carbonyl (C=O) groups excluding carboxylic acids is 1. The fourth-order valence-electron chi connectivity index (χ4n) is 3.68. The second kappa shape index (κ2) is 8.51. The van der Waals surface area contributed by atoms with Crippen LogP contribution < -0.4 is 16.0 Å². The smallest absolute Gasteiger partial charge is 0.407 e. The van der Waals surface area contributed by atoms with Crippen molar-refractivity contribution >= 4 is 25.8 Å². The molecule has 2 rings (SSSR count). The SMILES string of the molecule is CC(C)(C)OC(=O)N[C@H]1CN(c2ccncc2N)CC[C@@H]1CC(C)(C)[Si](C)(C)O. The van der Waals surface area contributed by atoms with Crippen LogP contribution in [0.4, 0.5) is 16.2 Å². The number of amides is 1. The summed E-state index contributed by atoms with van der Waals surface area (Å²) in [4.78, 5) is 29.5. The van der Waals surface area contributed by atoms with E-state index >= 15 is 0 Å². The first kappa shape index (κ1) is 23.5.